The molecule has 3 aromatic rings. The van der Waals surface area contributed by atoms with E-state index in [2.05, 4.69) is 21.6 Å². The van der Waals surface area contributed by atoms with Crippen molar-refractivity contribution in [2.45, 2.75) is 36.4 Å². The number of benzene rings is 2. The molecule has 1 aliphatic heterocycles. The van der Waals surface area contributed by atoms with Crippen LogP contribution in [0, 0.1) is 17.1 Å². The SMILES string of the molecule is CCOc1ccc(C2C(C#N)=C(N)N(c3nnc(SCC(=O)Nc4ccc(F)cc4)s3)C3=C2C(=O)CCC3)cc1. The van der Waals surface area contributed by atoms with Crippen molar-refractivity contribution in [3.63, 3.8) is 0 Å². The van der Waals surface area contributed by atoms with Crippen LogP contribution in [0.15, 0.2) is 75.5 Å². The number of amides is 1. The summed E-state index contributed by atoms with van der Waals surface area (Å²) in [7, 11) is 0. The van der Waals surface area contributed by atoms with E-state index in [9.17, 15) is 19.2 Å². The number of nitrogens with one attached hydrogen (secondary N) is 1. The molecule has 2 aliphatic rings. The van der Waals surface area contributed by atoms with Gasteiger partial charge in [-0.05, 0) is 61.7 Å². The monoisotopic (exact) mass is 576 g/mol. The lowest BCUT2D eigenvalue weighted by atomic mass is 9.76. The van der Waals surface area contributed by atoms with Gasteiger partial charge in [0.25, 0.3) is 0 Å². The van der Waals surface area contributed by atoms with Gasteiger partial charge in [0.15, 0.2) is 10.1 Å². The van der Waals surface area contributed by atoms with Crippen LogP contribution < -0.4 is 20.7 Å². The van der Waals surface area contributed by atoms with Crippen LogP contribution in [0.2, 0.25) is 0 Å². The second-order valence-electron chi connectivity index (χ2n) is 9.01. The number of carbonyl (C=O) groups excluding carboxylic acids is 2. The lowest BCUT2D eigenvalue weighted by Gasteiger charge is -2.38. The van der Waals surface area contributed by atoms with E-state index in [0.29, 0.717) is 58.0 Å². The number of ketones is 1. The van der Waals surface area contributed by atoms with E-state index in [4.69, 9.17) is 10.5 Å². The maximum Gasteiger partial charge on any atom is 0.234 e. The maximum atomic E-state index is 13.3. The van der Waals surface area contributed by atoms with Gasteiger partial charge in [-0.3, -0.25) is 14.5 Å². The van der Waals surface area contributed by atoms with Crippen LogP contribution >= 0.6 is 23.1 Å². The Labute approximate surface area is 238 Å². The van der Waals surface area contributed by atoms with E-state index in [-0.39, 0.29) is 34.7 Å². The fourth-order valence-electron chi connectivity index (χ4n) is 4.77. The first-order valence-corrected chi connectivity index (χ1v) is 14.4. The zero-order chi connectivity index (χ0) is 28.2. The number of nitrogens with two attached hydrogens (primary N) is 1. The summed E-state index contributed by atoms with van der Waals surface area (Å²) in [6, 6.07) is 15.1. The zero-order valence-corrected chi connectivity index (χ0v) is 23.2. The molecular weight excluding hydrogens is 551 g/mol. The number of aromatic nitrogens is 2. The van der Waals surface area contributed by atoms with Gasteiger partial charge in [-0.15, -0.1) is 10.2 Å². The van der Waals surface area contributed by atoms with Gasteiger partial charge in [0, 0.05) is 23.4 Å². The molecule has 3 N–H and O–H groups in total. The standard InChI is InChI=1S/C28H25FN6O3S2/c1-2-38-19-12-6-16(7-13-19)24-20(14-30)26(31)35(21-4-3-5-22(36)25(21)24)27-33-34-28(40-27)39-15-23(37)32-18-10-8-17(29)9-11-18/h6-13,24H,2-5,15,31H2,1H3,(H,32,37). The van der Waals surface area contributed by atoms with Crippen LogP contribution in [0.25, 0.3) is 0 Å². The molecule has 5 rings (SSSR count). The van der Waals surface area contributed by atoms with E-state index in [0.717, 1.165) is 5.56 Å². The zero-order valence-electron chi connectivity index (χ0n) is 21.5. The van der Waals surface area contributed by atoms with Gasteiger partial charge in [-0.1, -0.05) is 35.2 Å². The minimum Gasteiger partial charge on any atom is -0.494 e. The number of nitrogens with zero attached hydrogens (tertiary/aromatic N) is 4. The molecule has 204 valence electrons. The van der Waals surface area contributed by atoms with Crippen molar-refractivity contribution in [1.29, 1.82) is 5.26 Å². The Balaban J connectivity index is 1.41. The first kappa shape index (κ1) is 27.4. The number of allylic oxidation sites excluding steroid dienone is 3. The second-order valence-corrected chi connectivity index (χ2v) is 11.2. The summed E-state index contributed by atoms with van der Waals surface area (Å²) >= 11 is 2.41. The van der Waals surface area contributed by atoms with Crippen LogP contribution in [0.1, 0.15) is 37.7 Å². The van der Waals surface area contributed by atoms with E-state index in [1.807, 2.05) is 31.2 Å². The van der Waals surface area contributed by atoms with Gasteiger partial charge in [0.1, 0.15) is 17.4 Å². The third-order valence-corrected chi connectivity index (χ3v) is 8.52. The minimum atomic E-state index is -0.586. The molecule has 40 heavy (non-hydrogen) atoms. The molecule has 2 heterocycles. The van der Waals surface area contributed by atoms with Crippen molar-refractivity contribution in [2.75, 3.05) is 22.6 Å². The van der Waals surface area contributed by atoms with E-state index in [1.165, 1.54) is 47.4 Å². The van der Waals surface area contributed by atoms with E-state index >= 15 is 0 Å². The summed E-state index contributed by atoms with van der Waals surface area (Å²) in [5.74, 6) is -0.307. The van der Waals surface area contributed by atoms with Gasteiger partial charge >= 0.3 is 0 Å². The average Bonchev–Trinajstić information content (AvgIpc) is 3.42. The lowest BCUT2D eigenvalue weighted by molar-refractivity contribution is -0.116. The number of thioether (sulfide) groups is 1. The number of hydrogen-bond donors (Lipinski definition) is 2. The quantitative estimate of drug-likeness (QED) is 0.351. The van der Waals surface area contributed by atoms with Gasteiger partial charge < -0.3 is 15.8 Å². The molecular formula is C28H25FN6O3S2. The Bertz CT molecular complexity index is 1540. The first-order valence-electron chi connectivity index (χ1n) is 12.6. The topological polar surface area (TPSA) is 134 Å². The molecule has 1 atom stereocenters. The maximum absolute atomic E-state index is 13.3. The molecule has 0 radical (unpaired) electrons. The number of rotatable bonds is 8. The van der Waals surface area contributed by atoms with Gasteiger partial charge in [0.05, 0.1) is 29.9 Å². The number of nitriles is 1. The highest BCUT2D eigenvalue weighted by atomic mass is 32.2. The number of carbonyl (C=O) groups is 2. The summed E-state index contributed by atoms with van der Waals surface area (Å²) in [6.07, 6.45) is 1.64. The first-order chi connectivity index (χ1) is 19.4. The number of Topliss-reactive ketones (excluding diaryl/α,β-unsaturated/α-hetero) is 1. The Morgan fingerprint density at radius 2 is 1.98 bits per heavy atom. The molecule has 0 bridgehead atoms. The summed E-state index contributed by atoms with van der Waals surface area (Å²) in [5.41, 5.74) is 9.41. The highest BCUT2D eigenvalue weighted by Gasteiger charge is 2.41. The summed E-state index contributed by atoms with van der Waals surface area (Å²) in [6.45, 7) is 2.43. The molecule has 0 spiro atoms. The Morgan fingerprint density at radius 1 is 1.23 bits per heavy atom. The van der Waals surface area contributed by atoms with Crippen molar-refractivity contribution in [2.24, 2.45) is 5.73 Å². The van der Waals surface area contributed by atoms with Gasteiger partial charge in [-0.2, -0.15) is 5.26 Å². The molecule has 12 heteroatoms. The summed E-state index contributed by atoms with van der Waals surface area (Å²) in [5, 5.41) is 21.8. The number of ether oxygens (including phenoxy) is 1. The van der Waals surface area contributed by atoms with Gasteiger partial charge in [0.2, 0.25) is 11.0 Å². The number of hydrogen-bond acceptors (Lipinski definition) is 10. The van der Waals surface area contributed by atoms with Gasteiger partial charge in [-0.25, -0.2) is 4.39 Å². The lowest BCUT2D eigenvalue weighted by Crippen LogP contribution is -2.38. The molecule has 0 fully saturated rings. The highest BCUT2D eigenvalue weighted by Crippen LogP contribution is 2.47. The third kappa shape index (κ3) is 5.57. The smallest absolute Gasteiger partial charge is 0.234 e. The minimum absolute atomic E-state index is 0.0260. The molecule has 1 unspecified atom stereocenters. The van der Waals surface area contributed by atoms with E-state index in [1.54, 1.807) is 4.90 Å². The Hall–Kier alpha value is -4.21. The number of anilines is 2. The highest BCUT2D eigenvalue weighted by molar-refractivity contribution is 8.01. The van der Waals surface area contributed by atoms with Crippen molar-refractivity contribution < 1.29 is 18.7 Å². The Kier molecular flexibility index (Phi) is 8.14. The van der Waals surface area contributed by atoms with Crippen LogP contribution in [-0.4, -0.2) is 34.2 Å². The van der Waals surface area contributed by atoms with Crippen molar-refractivity contribution in [3.05, 3.63) is 82.6 Å². The van der Waals surface area contributed by atoms with E-state index < -0.39 is 5.92 Å². The molecule has 1 aliphatic carbocycles. The average molecular weight is 577 g/mol. The third-order valence-electron chi connectivity index (χ3n) is 6.48. The molecule has 9 nitrogen and oxygen atoms in total. The second kappa shape index (κ2) is 11.9. The normalized spacial score (nSPS) is 17.0. The van der Waals surface area contributed by atoms with Crippen LogP contribution in [0.4, 0.5) is 15.2 Å². The van der Waals surface area contributed by atoms with Crippen LogP contribution in [-0.2, 0) is 9.59 Å². The summed E-state index contributed by atoms with van der Waals surface area (Å²) < 4.78 is 19.2. The predicted octanol–water partition coefficient (Wildman–Crippen LogP) is 5.11. The number of halogens is 1. The Morgan fingerprint density at radius 3 is 2.67 bits per heavy atom. The molecule has 1 aromatic heterocycles. The van der Waals surface area contributed by atoms with Crippen LogP contribution in [0.5, 0.6) is 5.75 Å². The van der Waals surface area contributed by atoms with Crippen molar-refractivity contribution >= 4 is 45.6 Å². The molecule has 1 amide bonds. The fraction of sp³-hybridized carbons (Fsp3) is 0.250. The molecule has 0 saturated carbocycles. The van der Waals surface area contributed by atoms with Crippen molar-refractivity contribution in [1.82, 2.24) is 10.2 Å². The predicted molar refractivity (Wildman–Crippen MR) is 151 cm³/mol. The van der Waals surface area contributed by atoms with Crippen molar-refractivity contribution in [3.8, 4) is 11.8 Å². The molecule has 0 saturated heterocycles. The molecule has 2 aromatic carbocycles. The fourth-order valence-corrected chi connectivity index (χ4v) is 6.45. The van der Waals surface area contributed by atoms with Crippen LogP contribution in [0.3, 0.4) is 0 Å². The largest absolute Gasteiger partial charge is 0.494 e. The summed E-state index contributed by atoms with van der Waals surface area (Å²) in [4.78, 5) is 27.3.